The number of rotatable bonds is 4. The average molecular weight is 251 g/mol. The first-order valence-electron chi connectivity index (χ1n) is 5.52. The lowest BCUT2D eigenvalue weighted by Crippen LogP contribution is -2.26. The Morgan fingerprint density at radius 3 is 2.44 bits per heavy atom. The van der Waals surface area contributed by atoms with E-state index in [0.717, 1.165) is 5.56 Å². The number of benzene rings is 1. The maximum atomic E-state index is 11.6. The van der Waals surface area contributed by atoms with Crippen molar-refractivity contribution < 1.29 is 19.1 Å². The van der Waals surface area contributed by atoms with E-state index in [1.807, 2.05) is 0 Å². The van der Waals surface area contributed by atoms with Gasteiger partial charge in [-0.2, -0.15) is 0 Å². The summed E-state index contributed by atoms with van der Waals surface area (Å²) >= 11 is 0. The summed E-state index contributed by atoms with van der Waals surface area (Å²) in [5, 5.41) is 2.73. The molecule has 0 radical (unpaired) electrons. The third-order valence-electron chi connectivity index (χ3n) is 2.63. The number of esters is 1. The van der Waals surface area contributed by atoms with E-state index in [0.29, 0.717) is 11.3 Å². The molecule has 5 nitrogen and oxygen atoms in total. The fourth-order valence-electron chi connectivity index (χ4n) is 1.39. The highest BCUT2D eigenvalue weighted by Crippen LogP contribution is 2.17. The summed E-state index contributed by atoms with van der Waals surface area (Å²) in [5.41, 5.74) is 1.89. The Morgan fingerprint density at radius 2 is 1.94 bits per heavy atom. The van der Waals surface area contributed by atoms with Crippen molar-refractivity contribution in [1.29, 1.82) is 0 Å². The summed E-state index contributed by atoms with van der Waals surface area (Å²) in [6, 6.07) is 4.94. The molecule has 0 bridgehead atoms. The number of methoxy groups -OCH3 is 2. The number of anilines is 1. The van der Waals surface area contributed by atoms with Crippen LogP contribution in [-0.2, 0) is 14.3 Å². The smallest absolute Gasteiger partial charge is 0.337 e. The molecule has 0 aliphatic heterocycles. The molecule has 1 aromatic carbocycles. The maximum absolute atomic E-state index is 11.6. The zero-order valence-corrected chi connectivity index (χ0v) is 10.9. The number of amides is 1. The van der Waals surface area contributed by atoms with Gasteiger partial charge in [0.25, 0.3) is 5.91 Å². The molecule has 1 unspecified atom stereocenters. The van der Waals surface area contributed by atoms with Gasteiger partial charge in [0.2, 0.25) is 0 Å². The summed E-state index contributed by atoms with van der Waals surface area (Å²) in [7, 11) is 2.80. The summed E-state index contributed by atoms with van der Waals surface area (Å²) < 4.78 is 9.54. The van der Waals surface area contributed by atoms with Crippen molar-refractivity contribution in [2.24, 2.45) is 0 Å². The number of nitrogens with one attached hydrogen (secondary N) is 1. The van der Waals surface area contributed by atoms with E-state index in [-0.39, 0.29) is 5.91 Å². The lowest BCUT2D eigenvalue weighted by atomic mass is 10.1. The third-order valence-corrected chi connectivity index (χ3v) is 2.63. The Labute approximate surface area is 106 Å². The Kier molecular flexibility index (Phi) is 4.85. The summed E-state index contributed by atoms with van der Waals surface area (Å²) in [6.07, 6.45) is -0.523. The SMILES string of the molecule is COC(=O)c1ccc(NC(=O)C(C)OC)c(C)c1. The van der Waals surface area contributed by atoms with Crippen LogP contribution in [0.2, 0.25) is 0 Å². The fourth-order valence-corrected chi connectivity index (χ4v) is 1.39. The standard InChI is InChI=1S/C13H17NO4/c1-8-7-10(13(16)18-4)5-6-11(8)14-12(15)9(2)17-3/h5-7,9H,1-4H3,(H,14,15). The van der Waals surface area contributed by atoms with E-state index in [1.54, 1.807) is 32.0 Å². The van der Waals surface area contributed by atoms with Crippen LogP contribution in [0.25, 0.3) is 0 Å². The molecule has 98 valence electrons. The molecule has 0 saturated carbocycles. The molecule has 0 heterocycles. The second-order valence-corrected chi connectivity index (χ2v) is 3.89. The van der Waals surface area contributed by atoms with Gasteiger partial charge in [-0.05, 0) is 37.6 Å². The molecule has 1 N–H and O–H groups in total. The second kappa shape index (κ2) is 6.16. The Morgan fingerprint density at radius 1 is 1.28 bits per heavy atom. The largest absolute Gasteiger partial charge is 0.465 e. The van der Waals surface area contributed by atoms with E-state index in [4.69, 9.17) is 4.74 Å². The van der Waals surface area contributed by atoms with Gasteiger partial charge >= 0.3 is 5.97 Å². The predicted octanol–water partition coefficient (Wildman–Crippen LogP) is 1.76. The normalized spacial score (nSPS) is 11.8. The second-order valence-electron chi connectivity index (χ2n) is 3.89. The number of hydrogen-bond acceptors (Lipinski definition) is 4. The lowest BCUT2D eigenvalue weighted by Gasteiger charge is -2.13. The van der Waals surface area contributed by atoms with Gasteiger partial charge in [-0.1, -0.05) is 0 Å². The van der Waals surface area contributed by atoms with Gasteiger partial charge in [0.15, 0.2) is 0 Å². The van der Waals surface area contributed by atoms with Crippen LogP contribution in [0.1, 0.15) is 22.8 Å². The molecule has 1 amide bonds. The average Bonchev–Trinajstić information content (AvgIpc) is 2.38. The van der Waals surface area contributed by atoms with Crippen LogP contribution in [0, 0.1) is 6.92 Å². The molecule has 0 spiro atoms. The zero-order valence-electron chi connectivity index (χ0n) is 10.9. The summed E-state index contributed by atoms with van der Waals surface area (Å²) in [4.78, 5) is 23.0. The molecule has 1 rings (SSSR count). The molecular weight excluding hydrogens is 234 g/mol. The van der Waals surface area contributed by atoms with Crippen LogP contribution >= 0.6 is 0 Å². The van der Waals surface area contributed by atoms with Crippen molar-refractivity contribution in [1.82, 2.24) is 0 Å². The van der Waals surface area contributed by atoms with Crippen molar-refractivity contribution >= 4 is 17.6 Å². The van der Waals surface area contributed by atoms with Crippen LogP contribution in [-0.4, -0.2) is 32.2 Å². The van der Waals surface area contributed by atoms with Crippen molar-refractivity contribution in [2.45, 2.75) is 20.0 Å². The van der Waals surface area contributed by atoms with Gasteiger partial charge in [0.1, 0.15) is 6.10 Å². The third kappa shape index (κ3) is 3.30. The molecule has 0 aromatic heterocycles. The van der Waals surface area contributed by atoms with Crippen molar-refractivity contribution in [3.63, 3.8) is 0 Å². The molecule has 1 aromatic rings. The number of ether oxygens (including phenoxy) is 2. The van der Waals surface area contributed by atoms with Gasteiger partial charge in [0, 0.05) is 12.8 Å². The number of carbonyl (C=O) groups is 2. The molecule has 0 aliphatic carbocycles. The van der Waals surface area contributed by atoms with Gasteiger partial charge in [-0.25, -0.2) is 4.79 Å². The first-order valence-corrected chi connectivity index (χ1v) is 5.52. The predicted molar refractivity (Wildman–Crippen MR) is 67.6 cm³/mol. The van der Waals surface area contributed by atoms with Gasteiger partial charge in [-0.15, -0.1) is 0 Å². The maximum Gasteiger partial charge on any atom is 0.337 e. The zero-order chi connectivity index (χ0) is 13.7. The van der Waals surface area contributed by atoms with Crippen molar-refractivity contribution in [3.05, 3.63) is 29.3 Å². The fraction of sp³-hybridized carbons (Fsp3) is 0.385. The number of aryl methyl sites for hydroxylation is 1. The van der Waals surface area contributed by atoms with Gasteiger partial charge < -0.3 is 14.8 Å². The lowest BCUT2D eigenvalue weighted by molar-refractivity contribution is -0.124. The Hall–Kier alpha value is -1.88. The quantitative estimate of drug-likeness (QED) is 0.828. The van der Waals surface area contributed by atoms with Crippen LogP contribution in [0.5, 0.6) is 0 Å². The Bertz CT molecular complexity index is 456. The Balaban J connectivity index is 2.86. The molecule has 0 saturated heterocycles. The van der Waals surface area contributed by atoms with Crippen molar-refractivity contribution in [3.8, 4) is 0 Å². The van der Waals surface area contributed by atoms with Crippen LogP contribution < -0.4 is 5.32 Å². The van der Waals surface area contributed by atoms with Crippen LogP contribution in [0.15, 0.2) is 18.2 Å². The van der Waals surface area contributed by atoms with E-state index in [1.165, 1.54) is 14.2 Å². The minimum absolute atomic E-state index is 0.230. The van der Waals surface area contributed by atoms with Crippen LogP contribution in [0.3, 0.4) is 0 Å². The minimum Gasteiger partial charge on any atom is -0.465 e. The number of hydrogen-bond donors (Lipinski definition) is 1. The molecule has 18 heavy (non-hydrogen) atoms. The molecule has 1 atom stereocenters. The highest BCUT2D eigenvalue weighted by Gasteiger charge is 2.13. The molecular formula is C13H17NO4. The monoisotopic (exact) mass is 251 g/mol. The number of carbonyl (C=O) groups excluding carboxylic acids is 2. The van der Waals surface area contributed by atoms with E-state index in [2.05, 4.69) is 10.1 Å². The topological polar surface area (TPSA) is 64.6 Å². The van der Waals surface area contributed by atoms with Crippen molar-refractivity contribution in [2.75, 3.05) is 19.5 Å². The van der Waals surface area contributed by atoms with Crippen LogP contribution in [0.4, 0.5) is 5.69 Å². The van der Waals surface area contributed by atoms with Gasteiger partial charge in [-0.3, -0.25) is 4.79 Å². The first-order chi connectivity index (χ1) is 8.49. The molecule has 5 heteroatoms. The minimum atomic E-state index is -0.523. The van der Waals surface area contributed by atoms with Gasteiger partial charge in [0.05, 0.1) is 12.7 Å². The van der Waals surface area contributed by atoms with E-state index < -0.39 is 12.1 Å². The van der Waals surface area contributed by atoms with E-state index >= 15 is 0 Å². The molecule has 0 fully saturated rings. The highest BCUT2D eigenvalue weighted by molar-refractivity contribution is 5.96. The summed E-state index contributed by atoms with van der Waals surface area (Å²) in [5.74, 6) is -0.632. The first kappa shape index (κ1) is 14.2. The molecule has 0 aliphatic rings. The van der Waals surface area contributed by atoms with E-state index in [9.17, 15) is 9.59 Å². The summed E-state index contributed by atoms with van der Waals surface area (Å²) in [6.45, 7) is 3.47. The highest BCUT2D eigenvalue weighted by atomic mass is 16.5.